The second-order valence-electron chi connectivity index (χ2n) is 7.61. The molecule has 2 heterocycles. The summed E-state index contributed by atoms with van der Waals surface area (Å²) in [6.07, 6.45) is 7.33. The van der Waals surface area contributed by atoms with Crippen molar-refractivity contribution in [1.82, 2.24) is 15.0 Å². The van der Waals surface area contributed by atoms with Crippen molar-refractivity contribution in [2.75, 3.05) is 0 Å². The van der Waals surface area contributed by atoms with Gasteiger partial charge in [-0.25, -0.2) is 10.4 Å². The highest BCUT2D eigenvalue weighted by atomic mass is 35.5. The molecule has 1 aliphatic rings. The van der Waals surface area contributed by atoms with Gasteiger partial charge in [-0.1, -0.05) is 23.7 Å². The number of rotatable bonds is 4. The van der Waals surface area contributed by atoms with E-state index in [1.54, 1.807) is 58.6 Å². The van der Waals surface area contributed by atoms with E-state index in [0.717, 1.165) is 40.6 Å². The number of hydrogen-bond acceptors (Lipinski definition) is 5. The Labute approximate surface area is 193 Å². The minimum atomic E-state index is -0.345. The van der Waals surface area contributed by atoms with E-state index in [2.05, 4.69) is 15.5 Å². The predicted molar refractivity (Wildman–Crippen MR) is 128 cm³/mol. The monoisotopic (exact) mass is 462 g/mol. The zero-order valence-electron chi connectivity index (χ0n) is 17.0. The Morgan fingerprint density at radius 3 is 2.78 bits per heavy atom. The van der Waals surface area contributed by atoms with Gasteiger partial charge in [-0.3, -0.25) is 14.2 Å². The largest absolute Gasteiger partial charge is 0.271 e. The van der Waals surface area contributed by atoms with Crippen molar-refractivity contribution in [3.8, 4) is 5.69 Å². The summed E-state index contributed by atoms with van der Waals surface area (Å²) in [5.74, 6) is -0.345. The van der Waals surface area contributed by atoms with Gasteiger partial charge >= 0.3 is 0 Å². The molecule has 0 fully saturated rings. The van der Waals surface area contributed by atoms with Gasteiger partial charge in [0.25, 0.3) is 11.5 Å². The minimum Gasteiger partial charge on any atom is -0.268 e. The number of halogens is 1. The van der Waals surface area contributed by atoms with Crippen molar-refractivity contribution in [1.29, 1.82) is 0 Å². The molecule has 4 aromatic rings. The zero-order valence-corrected chi connectivity index (χ0v) is 18.6. The highest BCUT2D eigenvalue weighted by Gasteiger charge is 2.20. The highest BCUT2D eigenvalue weighted by Crippen LogP contribution is 2.33. The average Bonchev–Trinajstić information content (AvgIpc) is 3.19. The summed E-state index contributed by atoms with van der Waals surface area (Å²) in [6, 6.07) is 14.0. The maximum Gasteiger partial charge on any atom is 0.271 e. The number of carbonyl (C=O) groups excluding carboxylic acids is 1. The third kappa shape index (κ3) is 3.97. The Kier molecular flexibility index (Phi) is 5.59. The first-order valence-corrected chi connectivity index (χ1v) is 11.5. The Balaban J connectivity index is 1.36. The molecule has 6 nitrogen and oxygen atoms in total. The van der Waals surface area contributed by atoms with Crippen LogP contribution in [0.25, 0.3) is 15.9 Å². The minimum absolute atomic E-state index is 0.0577. The number of nitrogens with one attached hydrogen (secondary N) is 1. The van der Waals surface area contributed by atoms with Crippen LogP contribution in [0, 0.1) is 0 Å². The molecule has 0 atom stereocenters. The zero-order chi connectivity index (χ0) is 22.1. The molecule has 0 saturated heterocycles. The number of thiophene rings is 1. The Morgan fingerprint density at radius 1 is 1.16 bits per heavy atom. The molecule has 32 heavy (non-hydrogen) atoms. The van der Waals surface area contributed by atoms with E-state index in [9.17, 15) is 9.59 Å². The van der Waals surface area contributed by atoms with E-state index < -0.39 is 0 Å². The number of hydrogen-bond donors (Lipinski definition) is 1. The summed E-state index contributed by atoms with van der Waals surface area (Å²) in [6.45, 7) is 0. The number of hydrazone groups is 1. The van der Waals surface area contributed by atoms with Crippen molar-refractivity contribution in [2.45, 2.75) is 25.7 Å². The summed E-state index contributed by atoms with van der Waals surface area (Å²) in [4.78, 5) is 32.2. The first kappa shape index (κ1) is 20.6. The van der Waals surface area contributed by atoms with Crippen molar-refractivity contribution < 1.29 is 4.79 Å². The Morgan fingerprint density at radius 2 is 1.97 bits per heavy atom. The SMILES string of the molecule is O=C(N/N=C\c1cccc(Cl)c1)c1ccc(-n2cnc3sc4c(c3c2=O)CCCC4)cc1. The molecule has 2 aromatic carbocycles. The van der Waals surface area contributed by atoms with Crippen molar-refractivity contribution in [3.05, 3.63) is 91.8 Å². The molecular weight excluding hydrogens is 444 g/mol. The van der Waals surface area contributed by atoms with Crippen LogP contribution in [0.2, 0.25) is 5.02 Å². The Bertz CT molecular complexity index is 1410. The molecule has 1 N–H and O–H groups in total. The molecule has 0 unspecified atom stereocenters. The molecule has 0 bridgehead atoms. The van der Waals surface area contributed by atoms with E-state index in [0.29, 0.717) is 16.3 Å². The topological polar surface area (TPSA) is 76.3 Å². The van der Waals surface area contributed by atoms with E-state index in [1.807, 2.05) is 12.1 Å². The predicted octanol–water partition coefficient (Wildman–Crippen LogP) is 4.74. The van der Waals surface area contributed by atoms with E-state index in [4.69, 9.17) is 11.6 Å². The third-order valence-electron chi connectivity index (χ3n) is 5.51. The van der Waals surface area contributed by atoms with Crippen LogP contribution in [0.5, 0.6) is 0 Å². The summed E-state index contributed by atoms with van der Waals surface area (Å²) in [7, 11) is 0. The lowest BCUT2D eigenvalue weighted by molar-refractivity contribution is 0.0955. The first-order valence-electron chi connectivity index (χ1n) is 10.3. The van der Waals surface area contributed by atoms with Crippen LogP contribution in [0.1, 0.15) is 39.2 Å². The number of benzene rings is 2. The van der Waals surface area contributed by atoms with Crippen LogP contribution < -0.4 is 11.0 Å². The first-order chi connectivity index (χ1) is 15.6. The van der Waals surface area contributed by atoms with Gasteiger partial charge in [0.1, 0.15) is 11.2 Å². The normalized spacial score (nSPS) is 13.4. The number of amides is 1. The third-order valence-corrected chi connectivity index (χ3v) is 6.95. The lowest BCUT2D eigenvalue weighted by atomic mass is 9.97. The molecule has 2 aromatic heterocycles. The molecule has 160 valence electrons. The summed E-state index contributed by atoms with van der Waals surface area (Å²) in [5.41, 5.74) is 5.49. The fourth-order valence-corrected chi connectivity index (χ4v) is 5.34. The second-order valence-corrected chi connectivity index (χ2v) is 9.13. The van der Waals surface area contributed by atoms with Crippen LogP contribution in [-0.4, -0.2) is 21.7 Å². The highest BCUT2D eigenvalue weighted by molar-refractivity contribution is 7.18. The van der Waals surface area contributed by atoms with Crippen molar-refractivity contribution in [3.63, 3.8) is 0 Å². The number of fused-ring (bicyclic) bond motifs is 3. The molecule has 0 aliphatic heterocycles. The van der Waals surface area contributed by atoms with Gasteiger partial charge in [0.05, 0.1) is 17.3 Å². The maximum atomic E-state index is 13.2. The van der Waals surface area contributed by atoms with E-state index in [1.165, 1.54) is 17.5 Å². The van der Waals surface area contributed by atoms with Gasteiger partial charge in [0, 0.05) is 15.5 Å². The van der Waals surface area contributed by atoms with Crippen LogP contribution in [0.15, 0.2) is 64.8 Å². The van der Waals surface area contributed by atoms with E-state index in [-0.39, 0.29) is 11.5 Å². The molecule has 0 radical (unpaired) electrons. The molecule has 1 amide bonds. The number of carbonyl (C=O) groups is 1. The molecular formula is C24H19ClN4O2S. The quantitative estimate of drug-likeness (QED) is 0.351. The summed E-state index contributed by atoms with van der Waals surface area (Å²) in [5, 5.41) is 5.31. The molecule has 0 saturated carbocycles. The van der Waals surface area contributed by atoms with Gasteiger partial charge in [-0.2, -0.15) is 5.10 Å². The van der Waals surface area contributed by atoms with Gasteiger partial charge in [-0.05, 0) is 73.2 Å². The number of nitrogens with zero attached hydrogens (tertiary/aromatic N) is 3. The van der Waals surface area contributed by atoms with Gasteiger partial charge < -0.3 is 0 Å². The van der Waals surface area contributed by atoms with Crippen LogP contribution in [-0.2, 0) is 12.8 Å². The molecule has 5 rings (SSSR count). The van der Waals surface area contributed by atoms with E-state index >= 15 is 0 Å². The molecule has 1 aliphatic carbocycles. The smallest absolute Gasteiger partial charge is 0.268 e. The number of aryl methyl sites for hydroxylation is 2. The molecule has 8 heteroatoms. The van der Waals surface area contributed by atoms with Crippen LogP contribution >= 0.6 is 22.9 Å². The van der Waals surface area contributed by atoms with Crippen LogP contribution in [0.3, 0.4) is 0 Å². The van der Waals surface area contributed by atoms with Crippen molar-refractivity contribution in [2.24, 2.45) is 5.10 Å². The van der Waals surface area contributed by atoms with Gasteiger partial charge in [-0.15, -0.1) is 11.3 Å². The average molecular weight is 463 g/mol. The summed E-state index contributed by atoms with van der Waals surface area (Å²) >= 11 is 7.57. The lowest BCUT2D eigenvalue weighted by Crippen LogP contribution is -2.20. The van der Waals surface area contributed by atoms with Crippen LogP contribution in [0.4, 0.5) is 0 Å². The van der Waals surface area contributed by atoms with Gasteiger partial charge in [0.2, 0.25) is 0 Å². The fourth-order valence-electron chi connectivity index (χ4n) is 3.92. The lowest BCUT2D eigenvalue weighted by Gasteiger charge is -2.10. The fraction of sp³-hybridized carbons (Fsp3) is 0.167. The second kappa shape index (κ2) is 8.68. The standard InChI is InChI=1S/C24H19ClN4O2S/c25-17-5-3-4-15(12-17)13-27-28-22(30)16-8-10-18(11-9-16)29-14-26-23-21(24(29)31)19-6-1-2-7-20(19)32-23/h3-5,8-14H,1-2,6-7H2,(H,28,30)/b27-13-. The summed E-state index contributed by atoms with van der Waals surface area (Å²) < 4.78 is 1.54. The van der Waals surface area contributed by atoms with Gasteiger partial charge in [0.15, 0.2) is 0 Å². The maximum absolute atomic E-state index is 13.2. The van der Waals surface area contributed by atoms with Crippen molar-refractivity contribution >= 4 is 45.3 Å². The number of aromatic nitrogens is 2. The Hall–Kier alpha value is -3.29. The molecule has 0 spiro atoms.